The Morgan fingerprint density at radius 3 is 1.67 bits per heavy atom. The number of aliphatic carboxylic acids is 1. The largest absolute Gasteiger partial charge is 0.505 e. The van der Waals surface area contributed by atoms with E-state index in [1.165, 1.54) is 70.6 Å². The number of carboxylic acid groups (broad SMARTS) is 1. The molecule has 0 unspecified atom stereocenters. The number of esters is 1. The fraction of sp³-hybridized carbons (Fsp3) is 0.818. The predicted octanol–water partition coefficient (Wildman–Crippen LogP) is 4.14. The topological polar surface area (TPSA) is 145 Å². The van der Waals surface area contributed by atoms with Gasteiger partial charge in [-0.05, 0) is 6.42 Å². The third-order valence-corrected chi connectivity index (χ3v) is 4.97. The van der Waals surface area contributed by atoms with Gasteiger partial charge in [-0.3, -0.25) is 4.79 Å². The van der Waals surface area contributed by atoms with Gasteiger partial charge in [-0.2, -0.15) is 0 Å². The Balaban J connectivity index is 0.000000604. The smallest absolute Gasteiger partial charge is 0.377 e. The summed E-state index contributed by atoms with van der Waals surface area (Å²) in [6.07, 6.45) is 14.5. The Labute approximate surface area is 179 Å². The van der Waals surface area contributed by atoms with Crippen molar-refractivity contribution < 1.29 is 39.9 Å². The van der Waals surface area contributed by atoms with E-state index >= 15 is 0 Å². The summed E-state index contributed by atoms with van der Waals surface area (Å²) in [4.78, 5) is 20.8. The molecule has 0 aliphatic carbocycles. The van der Waals surface area contributed by atoms with Crippen LogP contribution in [0, 0.1) is 0 Å². The van der Waals surface area contributed by atoms with Gasteiger partial charge in [0.2, 0.25) is 5.76 Å². The summed E-state index contributed by atoms with van der Waals surface area (Å²) in [5.74, 6) is -3.43. The average molecular weight is 433 g/mol. The number of carbonyl (C=O) groups excluding carboxylic acids is 1. The Hall–Kier alpha value is -1.80. The molecule has 0 spiro atoms. The van der Waals surface area contributed by atoms with Crippen LogP contribution in [0.1, 0.15) is 96.8 Å². The number of hydrogen-bond donors (Lipinski definition) is 5. The molecule has 0 aromatic rings. The molecule has 5 N–H and O–H groups in total. The second kappa shape index (κ2) is 18.0. The van der Waals surface area contributed by atoms with Crippen molar-refractivity contribution in [3.05, 3.63) is 11.5 Å². The zero-order chi connectivity index (χ0) is 22.8. The molecular formula is C22H40O8. The third-order valence-electron chi connectivity index (χ3n) is 4.97. The fourth-order valence-electron chi connectivity index (χ4n) is 3.12. The SMILES string of the molecule is CCCCCCCCCCCCCCCC(=O)O.O=C1O[C@@H]([C@H](O)CO)C(O)=C1O. The van der Waals surface area contributed by atoms with Crippen LogP contribution in [0.5, 0.6) is 0 Å². The quantitative estimate of drug-likeness (QED) is 0.181. The first kappa shape index (κ1) is 28.2. The molecule has 2 atom stereocenters. The van der Waals surface area contributed by atoms with E-state index in [9.17, 15) is 9.59 Å². The first-order valence-corrected chi connectivity index (χ1v) is 11.2. The second-order valence-corrected chi connectivity index (χ2v) is 7.70. The summed E-state index contributed by atoms with van der Waals surface area (Å²) < 4.78 is 4.32. The molecule has 0 fully saturated rings. The van der Waals surface area contributed by atoms with Crippen molar-refractivity contribution in [1.82, 2.24) is 0 Å². The molecule has 8 heteroatoms. The zero-order valence-corrected chi connectivity index (χ0v) is 18.2. The van der Waals surface area contributed by atoms with E-state index in [0.29, 0.717) is 6.42 Å². The van der Waals surface area contributed by atoms with Crippen LogP contribution in [0.15, 0.2) is 11.5 Å². The van der Waals surface area contributed by atoms with Crippen LogP contribution in [-0.4, -0.2) is 56.3 Å². The minimum Gasteiger partial charge on any atom is -0.505 e. The van der Waals surface area contributed by atoms with Gasteiger partial charge in [0.05, 0.1) is 6.61 Å². The van der Waals surface area contributed by atoms with Crippen LogP contribution in [0.25, 0.3) is 0 Å². The van der Waals surface area contributed by atoms with Gasteiger partial charge >= 0.3 is 11.9 Å². The van der Waals surface area contributed by atoms with E-state index in [4.69, 9.17) is 25.5 Å². The second-order valence-electron chi connectivity index (χ2n) is 7.70. The van der Waals surface area contributed by atoms with Gasteiger partial charge in [-0.25, -0.2) is 4.79 Å². The average Bonchev–Trinajstić information content (AvgIpc) is 2.98. The zero-order valence-electron chi connectivity index (χ0n) is 18.2. The molecule has 0 saturated heterocycles. The molecule has 1 aliphatic heterocycles. The summed E-state index contributed by atoms with van der Waals surface area (Å²) in [5, 5.41) is 43.5. The highest BCUT2D eigenvalue weighted by molar-refractivity contribution is 5.89. The third kappa shape index (κ3) is 13.4. The molecule has 0 amide bonds. The van der Waals surface area contributed by atoms with Crippen LogP contribution in [0.2, 0.25) is 0 Å². The lowest BCUT2D eigenvalue weighted by atomic mass is 10.0. The van der Waals surface area contributed by atoms with Gasteiger partial charge in [-0.15, -0.1) is 0 Å². The number of carbonyl (C=O) groups is 2. The lowest BCUT2D eigenvalue weighted by Crippen LogP contribution is -2.31. The predicted molar refractivity (Wildman–Crippen MR) is 113 cm³/mol. The molecule has 0 aromatic carbocycles. The Kier molecular flexibility index (Phi) is 16.9. The number of ether oxygens (including phenoxy) is 1. The Bertz CT molecular complexity index is 503. The maximum absolute atomic E-state index is 10.5. The van der Waals surface area contributed by atoms with Crippen molar-refractivity contribution in [3.8, 4) is 0 Å². The maximum Gasteiger partial charge on any atom is 0.377 e. The summed E-state index contributed by atoms with van der Waals surface area (Å²) in [7, 11) is 0. The Morgan fingerprint density at radius 2 is 1.33 bits per heavy atom. The lowest BCUT2D eigenvalue weighted by Gasteiger charge is -2.13. The fourth-order valence-corrected chi connectivity index (χ4v) is 3.12. The molecule has 8 nitrogen and oxygen atoms in total. The molecule has 1 rings (SSSR count). The van der Waals surface area contributed by atoms with Crippen molar-refractivity contribution in [2.24, 2.45) is 0 Å². The van der Waals surface area contributed by atoms with Gasteiger partial charge in [0.1, 0.15) is 6.10 Å². The number of rotatable bonds is 16. The molecule has 30 heavy (non-hydrogen) atoms. The highest BCUT2D eigenvalue weighted by Gasteiger charge is 2.38. The lowest BCUT2D eigenvalue weighted by molar-refractivity contribution is -0.147. The van der Waals surface area contributed by atoms with Crippen LogP contribution in [0.3, 0.4) is 0 Å². The first-order valence-electron chi connectivity index (χ1n) is 11.2. The van der Waals surface area contributed by atoms with Crippen LogP contribution < -0.4 is 0 Å². The highest BCUT2D eigenvalue weighted by Crippen LogP contribution is 2.20. The summed E-state index contributed by atoms with van der Waals surface area (Å²) in [6.45, 7) is 1.59. The monoisotopic (exact) mass is 432 g/mol. The summed E-state index contributed by atoms with van der Waals surface area (Å²) in [5.41, 5.74) is 0. The van der Waals surface area contributed by atoms with E-state index in [1.807, 2.05) is 0 Å². The van der Waals surface area contributed by atoms with Gasteiger partial charge in [0.15, 0.2) is 11.9 Å². The minimum atomic E-state index is -1.42. The molecule has 0 aromatic heterocycles. The van der Waals surface area contributed by atoms with Crippen molar-refractivity contribution in [1.29, 1.82) is 0 Å². The number of cyclic esters (lactones) is 1. The van der Waals surface area contributed by atoms with Crippen LogP contribution >= 0.6 is 0 Å². The van der Waals surface area contributed by atoms with Crippen molar-refractivity contribution in [3.63, 3.8) is 0 Å². The highest BCUT2D eigenvalue weighted by atomic mass is 16.6. The van der Waals surface area contributed by atoms with Crippen LogP contribution in [-0.2, 0) is 14.3 Å². The van der Waals surface area contributed by atoms with Gasteiger partial charge < -0.3 is 30.3 Å². The summed E-state index contributed by atoms with van der Waals surface area (Å²) in [6, 6.07) is 0. The number of unbranched alkanes of at least 4 members (excludes halogenated alkanes) is 12. The number of hydrogen-bond acceptors (Lipinski definition) is 7. The van der Waals surface area contributed by atoms with Gasteiger partial charge in [0.25, 0.3) is 0 Å². The Morgan fingerprint density at radius 1 is 0.900 bits per heavy atom. The van der Waals surface area contributed by atoms with Crippen LogP contribution in [0.4, 0.5) is 0 Å². The van der Waals surface area contributed by atoms with E-state index in [2.05, 4.69) is 11.7 Å². The molecule has 0 bridgehead atoms. The molecule has 176 valence electrons. The molecule has 0 radical (unpaired) electrons. The van der Waals surface area contributed by atoms with E-state index < -0.39 is 42.3 Å². The number of carboxylic acids is 1. The van der Waals surface area contributed by atoms with Gasteiger partial charge in [-0.1, -0.05) is 84.0 Å². The van der Waals surface area contributed by atoms with E-state index in [1.54, 1.807) is 0 Å². The number of aliphatic hydroxyl groups is 4. The first-order chi connectivity index (χ1) is 14.3. The maximum atomic E-state index is 10.5. The standard InChI is InChI=1S/C16H32O2.C6H8O6/c1-2-3-4-5-6-7-8-9-10-11-12-13-14-15-16(17)18;7-1-2(8)5-3(9)4(10)6(11)12-5/h2-15H2,1H3,(H,17,18);2,5,7-10H,1H2/t;2-,5+/m.1/s1. The molecule has 0 saturated carbocycles. The molecule has 1 heterocycles. The van der Waals surface area contributed by atoms with Crippen molar-refractivity contribution in [2.45, 2.75) is 109 Å². The van der Waals surface area contributed by atoms with Gasteiger partial charge in [0, 0.05) is 6.42 Å². The van der Waals surface area contributed by atoms with E-state index in [0.717, 1.165) is 12.8 Å². The summed E-state index contributed by atoms with van der Waals surface area (Å²) >= 11 is 0. The van der Waals surface area contributed by atoms with Crippen molar-refractivity contribution >= 4 is 11.9 Å². The molecular weight excluding hydrogens is 392 g/mol. The minimum absolute atomic E-state index is 0.345. The normalized spacial score (nSPS) is 16.8. The molecule has 1 aliphatic rings. The van der Waals surface area contributed by atoms with Crippen molar-refractivity contribution in [2.75, 3.05) is 6.61 Å². The number of aliphatic hydroxyl groups excluding tert-OH is 4. The van der Waals surface area contributed by atoms with E-state index in [-0.39, 0.29) is 0 Å².